The number of carbonyl (C=O) groups excluding carboxylic acids is 1. The third-order valence-electron chi connectivity index (χ3n) is 5.21. The molecular formula is C23H21FN6O3. The molecule has 2 aromatic heterocycles. The topological polar surface area (TPSA) is 108 Å². The van der Waals surface area contributed by atoms with Crippen molar-refractivity contribution in [3.63, 3.8) is 0 Å². The highest BCUT2D eigenvalue weighted by molar-refractivity contribution is 6.05. The monoisotopic (exact) mass is 448 g/mol. The van der Waals surface area contributed by atoms with E-state index in [2.05, 4.69) is 15.5 Å². The minimum absolute atomic E-state index is 0.0925. The number of carbonyl (C=O) groups is 1. The number of benzene rings is 2. The zero-order chi connectivity index (χ0) is 23.5. The molecule has 1 amide bonds. The summed E-state index contributed by atoms with van der Waals surface area (Å²) in [6.45, 7) is 4.31. The first kappa shape index (κ1) is 21.9. The summed E-state index contributed by atoms with van der Waals surface area (Å²) in [5, 5.41) is 22.2. The number of anilines is 1. The van der Waals surface area contributed by atoms with Gasteiger partial charge in [0.1, 0.15) is 18.2 Å². The van der Waals surface area contributed by atoms with Gasteiger partial charge in [-0.2, -0.15) is 10.2 Å². The van der Waals surface area contributed by atoms with E-state index in [1.165, 1.54) is 29.2 Å². The van der Waals surface area contributed by atoms with Crippen LogP contribution in [0.3, 0.4) is 0 Å². The minimum Gasteiger partial charge on any atom is -0.319 e. The Morgan fingerprint density at radius 2 is 1.85 bits per heavy atom. The number of nitro groups is 1. The van der Waals surface area contributed by atoms with E-state index in [-0.39, 0.29) is 17.4 Å². The van der Waals surface area contributed by atoms with Gasteiger partial charge < -0.3 is 5.32 Å². The largest absolute Gasteiger partial charge is 0.319 e. The van der Waals surface area contributed by atoms with E-state index < -0.39 is 4.92 Å². The van der Waals surface area contributed by atoms with E-state index in [1.807, 2.05) is 19.1 Å². The van der Waals surface area contributed by atoms with E-state index >= 15 is 0 Å². The molecule has 0 atom stereocenters. The van der Waals surface area contributed by atoms with Gasteiger partial charge in [-0.3, -0.25) is 24.3 Å². The molecule has 2 heterocycles. The zero-order valence-corrected chi connectivity index (χ0v) is 18.0. The highest BCUT2D eigenvalue weighted by Crippen LogP contribution is 2.22. The molecule has 0 fully saturated rings. The van der Waals surface area contributed by atoms with Gasteiger partial charge in [0.05, 0.1) is 35.1 Å². The van der Waals surface area contributed by atoms with Crippen molar-refractivity contribution in [2.24, 2.45) is 0 Å². The van der Waals surface area contributed by atoms with E-state index in [1.54, 1.807) is 35.9 Å². The van der Waals surface area contributed by atoms with Crippen LogP contribution in [0, 0.1) is 29.8 Å². The highest BCUT2D eigenvalue weighted by atomic mass is 19.1. The molecule has 0 bridgehead atoms. The lowest BCUT2D eigenvalue weighted by molar-refractivity contribution is -0.385. The van der Waals surface area contributed by atoms with Crippen molar-refractivity contribution in [2.45, 2.75) is 26.9 Å². The molecular weight excluding hydrogens is 427 g/mol. The number of nitrogens with one attached hydrogen (secondary N) is 1. The standard InChI is InChI=1S/C23H21FN6O3/c1-15-22(16(2)29(27-15)13-18-6-4-8-20(24)10-18)26-23(31)19-7-3-5-17(9-19)12-28-14-21(11-25-28)30(32)33/h3-11,14H,12-13H2,1-2H3,(H,26,31). The van der Waals surface area contributed by atoms with Gasteiger partial charge >= 0.3 is 5.69 Å². The molecule has 0 aliphatic heterocycles. The molecule has 33 heavy (non-hydrogen) atoms. The summed E-state index contributed by atoms with van der Waals surface area (Å²) in [7, 11) is 0. The van der Waals surface area contributed by atoms with Gasteiger partial charge in [-0.25, -0.2) is 4.39 Å². The van der Waals surface area contributed by atoms with Crippen molar-refractivity contribution < 1.29 is 14.1 Å². The van der Waals surface area contributed by atoms with Crippen LogP contribution in [0.1, 0.15) is 32.9 Å². The van der Waals surface area contributed by atoms with E-state index in [4.69, 9.17) is 0 Å². The number of aryl methyl sites for hydroxylation is 1. The molecule has 0 spiro atoms. The second-order valence-electron chi connectivity index (χ2n) is 7.64. The summed E-state index contributed by atoms with van der Waals surface area (Å²) in [5.74, 6) is -0.619. The third-order valence-corrected chi connectivity index (χ3v) is 5.21. The number of amides is 1. The van der Waals surface area contributed by atoms with Crippen LogP contribution in [0.2, 0.25) is 0 Å². The van der Waals surface area contributed by atoms with E-state index in [0.29, 0.717) is 30.0 Å². The average Bonchev–Trinajstić information content (AvgIpc) is 3.34. The van der Waals surface area contributed by atoms with Crippen molar-refractivity contribution in [2.75, 3.05) is 5.32 Å². The molecule has 2 aromatic carbocycles. The predicted molar refractivity (Wildman–Crippen MR) is 120 cm³/mol. The molecule has 0 saturated carbocycles. The molecule has 4 aromatic rings. The van der Waals surface area contributed by atoms with Crippen LogP contribution in [0.25, 0.3) is 0 Å². The van der Waals surface area contributed by atoms with Crippen molar-refractivity contribution in [3.05, 3.63) is 105 Å². The van der Waals surface area contributed by atoms with Crippen molar-refractivity contribution in [1.82, 2.24) is 19.6 Å². The fourth-order valence-electron chi connectivity index (χ4n) is 3.56. The second kappa shape index (κ2) is 9.03. The van der Waals surface area contributed by atoms with Crippen LogP contribution in [0.15, 0.2) is 60.9 Å². The van der Waals surface area contributed by atoms with E-state index in [0.717, 1.165) is 16.8 Å². The van der Waals surface area contributed by atoms with Gasteiger partial charge in [-0.15, -0.1) is 0 Å². The molecule has 0 saturated heterocycles. The molecule has 168 valence electrons. The van der Waals surface area contributed by atoms with Gasteiger partial charge in [-0.1, -0.05) is 24.3 Å². The van der Waals surface area contributed by atoms with Gasteiger partial charge in [0.15, 0.2) is 0 Å². The summed E-state index contributed by atoms with van der Waals surface area (Å²) in [5.41, 5.74) is 3.89. The van der Waals surface area contributed by atoms with Crippen LogP contribution in [-0.4, -0.2) is 30.4 Å². The van der Waals surface area contributed by atoms with Crippen LogP contribution in [0.4, 0.5) is 15.8 Å². The van der Waals surface area contributed by atoms with Crippen LogP contribution >= 0.6 is 0 Å². The van der Waals surface area contributed by atoms with Crippen molar-refractivity contribution in [1.29, 1.82) is 0 Å². The summed E-state index contributed by atoms with van der Waals surface area (Å²) < 4.78 is 16.7. The Bertz CT molecular complexity index is 1340. The summed E-state index contributed by atoms with van der Waals surface area (Å²) >= 11 is 0. The predicted octanol–water partition coefficient (Wildman–Crippen LogP) is 4.09. The van der Waals surface area contributed by atoms with Gasteiger partial charge in [0.25, 0.3) is 5.91 Å². The van der Waals surface area contributed by atoms with Crippen LogP contribution in [-0.2, 0) is 13.1 Å². The third kappa shape index (κ3) is 4.95. The van der Waals surface area contributed by atoms with E-state index in [9.17, 15) is 19.3 Å². The maximum atomic E-state index is 13.5. The summed E-state index contributed by atoms with van der Waals surface area (Å²) in [6.07, 6.45) is 2.52. The Morgan fingerprint density at radius 3 is 2.55 bits per heavy atom. The Balaban J connectivity index is 1.49. The maximum absolute atomic E-state index is 13.5. The molecule has 0 unspecified atom stereocenters. The first-order valence-corrected chi connectivity index (χ1v) is 10.2. The Labute approximate surface area is 188 Å². The molecule has 0 radical (unpaired) electrons. The lowest BCUT2D eigenvalue weighted by Crippen LogP contribution is -2.14. The number of hydrogen-bond acceptors (Lipinski definition) is 5. The average molecular weight is 448 g/mol. The van der Waals surface area contributed by atoms with Gasteiger partial charge in [-0.05, 0) is 49.2 Å². The van der Waals surface area contributed by atoms with Gasteiger partial charge in [0.2, 0.25) is 0 Å². The van der Waals surface area contributed by atoms with Crippen molar-refractivity contribution >= 4 is 17.3 Å². The SMILES string of the molecule is Cc1nn(Cc2cccc(F)c2)c(C)c1NC(=O)c1cccc(Cn2cc([N+](=O)[O-])cn2)c1. The number of rotatable bonds is 7. The summed E-state index contributed by atoms with van der Waals surface area (Å²) in [6, 6.07) is 13.3. The van der Waals surface area contributed by atoms with Gasteiger partial charge in [0, 0.05) is 5.56 Å². The fourth-order valence-corrected chi connectivity index (χ4v) is 3.56. The Kier molecular flexibility index (Phi) is 5.99. The molecule has 9 nitrogen and oxygen atoms in total. The quantitative estimate of drug-likeness (QED) is 0.338. The van der Waals surface area contributed by atoms with Crippen molar-refractivity contribution in [3.8, 4) is 0 Å². The fraction of sp³-hybridized carbons (Fsp3) is 0.174. The second-order valence-corrected chi connectivity index (χ2v) is 7.64. The molecule has 0 aliphatic carbocycles. The number of nitrogens with zero attached hydrogens (tertiary/aromatic N) is 5. The lowest BCUT2D eigenvalue weighted by Gasteiger charge is -2.09. The minimum atomic E-state index is -0.507. The maximum Gasteiger partial charge on any atom is 0.307 e. The van der Waals surface area contributed by atoms with Crippen LogP contribution in [0.5, 0.6) is 0 Å². The zero-order valence-electron chi connectivity index (χ0n) is 18.0. The normalized spacial score (nSPS) is 10.9. The number of aromatic nitrogens is 4. The Hall–Kier alpha value is -4.34. The van der Waals surface area contributed by atoms with Crippen LogP contribution < -0.4 is 5.32 Å². The lowest BCUT2D eigenvalue weighted by atomic mass is 10.1. The molecule has 10 heteroatoms. The molecule has 0 aliphatic rings. The first-order chi connectivity index (χ1) is 15.8. The number of hydrogen-bond donors (Lipinski definition) is 1. The smallest absolute Gasteiger partial charge is 0.307 e. The highest BCUT2D eigenvalue weighted by Gasteiger charge is 2.16. The summed E-state index contributed by atoms with van der Waals surface area (Å²) in [4.78, 5) is 23.2. The Morgan fingerprint density at radius 1 is 1.12 bits per heavy atom. The first-order valence-electron chi connectivity index (χ1n) is 10.2. The molecule has 4 rings (SSSR count). The molecule has 1 N–H and O–H groups in total. The number of halogens is 1.